The summed E-state index contributed by atoms with van der Waals surface area (Å²) in [6, 6.07) is 0.690. The normalized spacial score (nSPS) is 23.6. The van der Waals surface area contributed by atoms with E-state index in [-0.39, 0.29) is 18.3 Å². The zero-order valence-electron chi connectivity index (χ0n) is 11.9. The summed E-state index contributed by atoms with van der Waals surface area (Å²) in [5, 5.41) is 7.66. The zero-order chi connectivity index (χ0) is 13.2. The van der Waals surface area contributed by atoms with Gasteiger partial charge in [-0.3, -0.25) is 9.48 Å². The van der Waals surface area contributed by atoms with E-state index >= 15 is 0 Å². The second-order valence-corrected chi connectivity index (χ2v) is 5.74. The maximum absolute atomic E-state index is 12.3. The van der Waals surface area contributed by atoms with Gasteiger partial charge in [0.05, 0.1) is 11.8 Å². The maximum Gasteiger partial charge on any atom is 0.257 e. The maximum atomic E-state index is 12.3. The fourth-order valence-corrected chi connectivity index (χ4v) is 3.33. The van der Waals surface area contributed by atoms with Crippen molar-refractivity contribution in [3.63, 3.8) is 0 Å². The van der Waals surface area contributed by atoms with Crippen LogP contribution in [0.15, 0.2) is 12.4 Å². The summed E-state index contributed by atoms with van der Waals surface area (Å²) in [6.45, 7) is 2.94. The van der Waals surface area contributed by atoms with Gasteiger partial charge in [-0.1, -0.05) is 0 Å². The minimum absolute atomic E-state index is 0. The molecule has 5 nitrogen and oxygen atoms in total. The SMILES string of the molecule is Cl.Cn1cc(C(=O)N2CCC(C3CCCN3)CC2)cn1. The number of rotatable bonds is 2. The molecular weight excluding hydrogens is 276 g/mol. The lowest BCUT2D eigenvalue weighted by atomic mass is 9.88. The van der Waals surface area contributed by atoms with Gasteiger partial charge in [-0.15, -0.1) is 12.4 Å². The Labute approximate surface area is 126 Å². The van der Waals surface area contributed by atoms with Gasteiger partial charge >= 0.3 is 0 Å². The predicted molar refractivity (Wildman–Crippen MR) is 80.1 cm³/mol. The highest BCUT2D eigenvalue weighted by Gasteiger charge is 2.30. The minimum Gasteiger partial charge on any atom is -0.339 e. The highest BCUT2D eigenvalue weighted by atomic mass is 35.5. The molecule has 2 saturated heterocycles. The number of aryl methyl sites for hydroxylation is 1. The molecule has 1 aromatic heterocycles. The molecule has 0 spiro atoms. The molecule has 1 N–H and O–H groups in total. The third kappa shape index (κ3) is 3.15. The van der Waals surface area contributed by atoms with Crippen LogP contribution in [0.3, 0.4) is 0 Å². The van der Waals surface area contributed by atoms with Crippen molar-refractivity contribution in [3.8, 4) is 0 Å². The second kappa shape index (κ2) is 6.59. The first kappa shape index (κ1) is 15.3. The van der Waals surface area contributed by atoms with E-state index in [1.165, 1.54) is 19.4 Å². The van der Waals surface area contributed by atoms with Gasteiger partial charge in [-0.2, -0.15) is 5.10 Å². The Morgan fingerprint density at radius 3 is 2.65 bits per heavy atom. The first-order chi connectivity index (χ1) is 9.24. The topological polar surface area (TPSA) is 50.2 Å². The molecule has 0 radical (unpaired) electrons. The third-order valence-electron chi connectivity index (χ3n) is 4.45. The fraction of sp³-hybridized carbons (Fsp3) is 0.714. The molecule has 0 saturated carbocycles. The standard InChI is InChI=1S/C14H22N4O.ClH/c1-17-10-12(9-16-17)14(19)18-7-4-11(5-8-18)13-3-2-6-15-13;/h9-11,13,15H,2-8H2,1H3;1H. The van der Waals surface area contributed by atoms with Crippen LogP contribution in [0.25, 0.3) is 0 Å². The molecule has 3 heterocycles. The molecule has 1 unspecified atom stereocenters. The summed E-state index contributed by atoms with van der Waals surface area (Å²) in [6.07, 6.45) is 8.33. The smallest absolute Gasteiger partial charge is 0.257 e. The van der Waals surface area contributed by atoms with E-state index in [0.29, 0.717) is 11.6 Å². The number of hydrogen-bond acceptors (Lipinski definition) is 3. The lowest BCUT2D eigenvalue weighted by Crippen LogP contribution is -2.43. The minimum atomic E-state index is 0. The Bertz CT molecular complexity index is 448. The Hall–Kier alpha value is -1.07. The van der Waals surface area contributed by atoms with Crippen molar-refractivity contribution in [2.24, 2.45) is 13.0 Å². The highest BCUT2D eigenvalue weighted by Crippen LogP contribution is 2.26. The lowest BCUT2D eigenvalue weighted by molar-refractivity contribution is 0.0674. The average molecular weight is 299 g/mol. The van der Waals surface area contributed by atoms with E-state index in [9.17, 15) is 4.79 Å². The molecule has 6 heteroatoms. The second-order valence-electron chi connectivity index (χ2n) is 5.74. The summed E-state index contributed by atoms with van der Waals surface area (Å²) < 4.78 is 1.68. The van der Waals surface area contributed by atoms with Crippen LogP contribution in [0, 0.1) is 5.92 Å². The third-order valence-corrected chi connectivity index (χ3v) is 4.45. The summed E-state index contributed by atoms with van der Waals surface area (Å²) in [7, 11) is 1.84. The number of halogens is 1. The highest BCUT2D eigenvalue weighted by molar-refractivity contribution is 5.93. The number of nitrogens with zero attached hydrogens (tertiary/aromatic N) is 3. The van der Waals surface area contributed by atoms with Crippen LogP contribution in [0.5, 0.6) is 0 Å². The summed E-state index contributed by atoms with van der Waals surface area (Å²) >= 11 is 0. The van der Waals surface area contributed by atoms with Gasteiger partial charge in [0.2, 0.25) is 0 Å². The van der Waals surface area contributed by atoms with Crippen molar-refractivity contribution in [1.29, 1.82) is 0 Å². The van der Waals surface area contributed by atoms with E-state index in [1.54, 1.807) is 17.1 Å². The monoisotopic (exact) mass is 298 g/mol. The van der Waals surface area contributed by atoms with Crippen LogP contribution in [0.2, 0.25) is 0 Å². The molecule has 0 aromatic carbocycles. The van der Waals surface area contributed by atoms with Crippen LogP contribution in [-0.4, -0.2) is 46.3 Å². The quantitative estimate of drug-likeness (QED) is 0.899. The number of carbonyl (C=O) groups excluding carboxylic acids is 1. The van der Waals surface area contributed by atoms with Gasteiger partial charge in [0.15, 0.2) is 0 Å². The number of hydrogen-bond donors (Lipinski definition) is 1. The van der Waals surface area contributed by atoms with Crippen molar-refractivity contribution in [2.75, 3.05) is 19.6 Å². The molecule has 112 valence electrons. The molecule has 2 fully saturated rings. The average Bonchev–Trinajstić information content (AvgIpc) is 3.09. The first-order valence-electron chi connectivity index (χ1n) is 7.25. The first-order valence-corrected chi connectivity index (χ1v) is 7.25. The van der Waals surface area contributed by atoms with Crippen LogP contribution in [0.4, 0.5) is 0 Å². The van der Waals surface area contributed by atoms with Crippen LogP contribution in [-0.2, 0) is 7.05 Å². The van der Waals surface area contributed by atoms with Gasteiger partial charge in [0.25, 0.3) is 5.91 Å². The number of aromatic nitrogens is 2. The Balaban J connectivity index is 0.00000147. The van der Waals surface area contributed by atoms with Crippen LogP contribution in [0.1, 0.15) is 36.0 Å². The van der Waals surface area contributed by atoms with Crippen molar-refractivity contribution in [3.05, 3.63) is 18.0 Å². The van der Waals surface area contributed by atoms with Crippen LogP contribution >= 0.6 is 12.4 Å². The van der Waals surface area contributed by atoms with Crippen LogP contribution < -0.4 is 5.32 Å². The molecule has 1 amide bonds. The van der Waals surface area contributed by atoms with Gasteiger partial charge in [-0.25, -0.2) is 0 Å². The van der Waals surface area contributed by atoms with Crippen molar-refractivity contribution < 1.29 is 4.79 Å². The Morgan fingerprint density at radius 2 is 2.10 bits per heavy atom. The predicted octanol–water partition coefficient (Wildman–Crippen LogP) is 1.45. The number of piperidine rings is 1. The van der Waals surface area contributed by atoms with E-state index in [2.05, 4.69) is 10.4 Å². The molecule has 2 aliphatic rings. The largest absolute Gasteiger partial charge is 0.339 e. The van der Waals surface area contributed by atoms with Crippen molar-refractivity contribution in [2.45, 2.75) is 31.7 Å². The molecule has 3 rings (SSSR count). The summed E-state index contributed by atoms with van der Waals surface area (Å²) in [4.78, 5) is 14.3. The molecule has 20 heavy (non-hydrogen) atoms. The molecule has 0 bridgehead atoms. The fourth-order valence-electron chi connectivity index (χ4n) is 3.33. The van der Waals surface area contributed by atoms with E-state index in [1.807, 2.05) is 11.9 Å². The Morgan fingerprint density at radius 1 is 1.35 bits per heavy atom. The molecular formula is C14H23ClN4O. The number of carbonyl (C=O) groups is 1. The number of nitrogens with one attached hydrogen (secondary N) is 1. The van der Waals surface area contributed by atoms with E-state index < -0.39 is 0 Å². The zero-order valence-corrected chi connectivity index (χ0v) is 12.7. The van der Waals surface area contributed by atoms with E-state index in [4.69, 9.17) is 0 Å². The Kier molecular flexibility index (Phi) is 5.05. The van der Waals surface area contributed by atoms with Gasteiger partial charge in [0.1, 0.15) is 0 Å². The molecule has 1 aromatic rings. The van der Waals surface area contributed by atoms with E-state index in [0.717, 1.165) is 31.8 Å². The van der Waals surface area contributed by atoms with Gasteiger partial charge in [-0.05, 0) is 38.1 Å². The summed E-state index contributed by atoms with van der Waals surface area (Å²) in [5.74, 6) is 0.881. The van der Waals surface area contributed by atoms with Crippen molar-refractivity contribution >= 4 is 18.3 Å². The number of amides is 1. The summed E-state index contributed by atoms with van der Waals surface area (Å²) in [5.41, 5.74) is 0.708. The van der Waals surface area contributed by atoms with Crippen molar-refractivity contribution in [1.82, 2.24) is 20.0 Å². The molecule has 0 aliphatic carbocycles. The lowest BCUT2D eigenvalue weighted by Gasteiger charge is -2.34. The van der Waals surface area contributed by atoms with Gasteiger partial charge in [0, 0.05) is 32.4 Å². The molecule has 2 aliphatic heterocycles. The molecule has 1 atom stereocenters. The number of likely N-dealkylation sites (tertiary alicyclic amines) is 1. The van der Waals surface area contributed by atoms with Gasteiger partial charge < -0.3 is 10.2 Å².